The van der Waals surface area contributed by atoms with Crippen molar-refractivity contribution < 1.29 is 19.0 Å². The van der Waals surface area contributed by atoms with Gasteiger partial charge >= 0.3 is 0 Å². The smallest absolute Gasteiger partial charge is 0.258 e. The Hall–Kier alpha value is -1.54. The maximum absolute atomic E-state index is 12.6. The Labute approximate surface area is 170 Å². The maximum atomic E-state index is 12.6. The first-order valence-corrected chi connectivity index (χ1v) is 11.3. The van der Waals surface area contributed by atoms with Crippen LogP contribution in [0.4, 0.5) is 0 Å². The van der Waals surface area contributed by atoms with Gasteiger partial charge in [0, 0.05) is 12.6 Å². The molecule has 4 saturated carbocycles. The molecule has 5 rings (SSSR count). The third kappa shape index (κ3) is 4.54. The fourth-order valence-electron chi connectivity index (χ4n) is 5.59. The van der Waals surface area contributed by atoms with Crippen molar-refractivity contribution in [2.75, 3.05) is 33.2 Å². The third-order valence-corrected chi connectivity index (χ3v) is 6.72. The van der Waals surface area contributed by atoms with E-state index in [4.69, 9.17) is 14.2 Å². The van der Waals surface area contributed by atoms with Crippen molar-refractivity contribution in [1.82, 2.24) is 15.3 Å². The minimum absolute atomic E-state index is 0.000278. The lowest BCUT2D eigenvalue weighted by Crippen LogP contribution is -2.60. The van der Waals surface area contributed by atoms with Crippen molar-refractivity contribution in [3.8, 4) is 11.8 Å². The number of thioether (sulfide) groups is 1. The van der Waals surface area contributed by atoms with E-state index >= 15 is 0 Å². The quantitative estimate of drug-likeness (QED) is 0.383. The molecule has 0 unspecified atom stereocenters. The molecule has 0 atom stereocenters. The van der Waals surface area contributed by atoms with Crippen LogP contribution in [0.2, 0.25) is 0 Å². The van der Waals surface area contributed by atoms with E-state index in [0.717, 1.165) is 37.0 Å². The second-order valence-electron chi connectivity index (χ2n) is 8.41. The van der Waals surface area contributed by atoms with Crippen LogP contribution in [0.5, 0.6) is 11.8 Å². The molecule has 1 aromatic heterocycles. The fourth-order valence-corrected chi connectivity index (χ4v) is 5.95. The van der Waals surface area contributed by atoms with E-state index in [1.807, 2.05) is 6.26 Å². The Morgan fingerprint density at radius 3 is 2.29 bits per heavy atom. The molecular formula is C20H29N3O4S. The predicted octanol–water partition coefficient (Wildman–Crippen LogP) is 2.69. The zero-order chi connectivity index (χ0) is 19.6. The van der Waals surface area contributed by atoms with Crippen LogP contribution in [-0.4, -0.2) is 54.6 Å². The number of amides is 1. The summed E-state index contributed by atoms with van der Waals surface area (Å²) in [6.07, 6.45) is 9.35. The maximum Gasteiger partial charge on any atom is 0.258 e. The summed E-state index contributed by atoms with van der Waals surface area (Å²) in [7, 11) is 1.62. The fraction of sp³-hybridized carbons (Fsp3) is 0.750. The Balaban J connectivity index is 1.33. The molecule has 0 radical (unpaired) electrons. The number of ether oxygens (including phenoxy) is 3. The van der Waals surface area contributed by atoms with Crippen LogP contribution >= 0.6 is 11.8 Å². The van der Waals surface area contributed by atoms with Crippen LogP contribution < -0.4 is 14.8 Å². The van der Waals surface area contributed by atoms with Crippen LogP contribution in [0.15, 0.2) is 11.2 Å². The zero-order valence-corrected chi connectivity index (χ0v) is 17.4. The topological polar surface area (TPSA) is 82.6 Å². The lowest BCUT2D eigenvalue weighted by Gasteiger charge is -2.56. The summed E-state index contributed by atoms with van der Waals surface area (Å²) in [5, 5.41) is 3.87. The molecule has 0 aliphatic heterocycles. The van der Waals surface area contributed by atoms with E-state index < -0.39 is 0 Å². The monoisotopic (exact) mass is 407 g/mol. The number of hydrogen-bond donors (Lipinski definition) is 1. The normalized spacial score (nSPS) is 30.3. The van der Waals surface area contributed by atoms with Crippen LogP contribution in [0.1, 0.15) is 38.5 Å². The van der Waals surface area contributed by atoms with E-state index in [1.165, 1.54) is 31.0 Å². The Kier molecular flexibility index (Phi) is 5.96. The molecule has 154 valence electrons. The van der Waals surface area contributed by atoms with Gasteiger partial charge in [0.1, 0.15) is 6.61 Å². The van der Waals surface area contributed by atoms with E-state index in [0.29, 0.717) is 30.1 Å². The van der Waals surface area contributed by atoms with E-state index in [-0.39, 0.29) is 18.1 Å². The van der Waals surface area contributed by atoms with Crippen LogP contribution in [0.3, 0.4) is 0 Å². The standard InChI is InChI=1S/C20H29N3O4S/c1-25-3-4-26-17-8-18(22-19(21-17)28-2)27-12-16(24)23-20-9-13-5-14(10-20)7-15(6-13)11-20/h8,13-15H,3-7,9-12H2,1-2H3,(H,23,24). The molecule has 1 aromatic rings. The minimum atomic E-state index is -0.0619. The molecule has 7 nitrogen and oxygen atoms in total. The van der Waals surface area contributed by atoms with Crippen molar-refractivity contribution in [2.24, 2.45) is 17.8 Å². The molecule has 4 fully saturated rings. The lowest BCUT2D eigenvalue weighted by atomic mass is 9.53. The molecule has 4 aliphatic rings. The molecular weight excluding hydrogens is 378 g/mol. The molecule has 0 aromatic carbocycles. The zero-order valence-electron chi connectivity index (χ0n) is 16.6. The second-order valence-corrected chi connectivity index (χ2v) is 9.18. The number of carbonyl (C=O) groups is 1. The van der Waals surface area contributed by atoms with Gasteiger partial charge in [-0.1, -0.05) is 11.8 Å². The van der Waals surface area contributed by atoms with Gasteiger partial charge < -0.3 is 19.5 Å². The number of nitrogens with one attached hydrogen (secondary N) is 1. The van der Waals surface area contributed by atoms with Gasteiger partial charge in [-0.2, -0.15) is 9.97 Å². The lowest BCUT2D eigenvalue weighted by molar-refractivity contribution is -0.128. The highest BCUT2D eigenvalue weighted by Gasteiger charge is 2.51. The molecule has 1 heterocycles. The molecule has 0 saturated heterocycles. The summed E-state index contributed by atoms with van der Waals surface area (Å²) in [4.78, 5) is 21.2. The number of methoxy groups -OCH3 is 1. The van der Waals surface area contributed by atoms with Gasteiger partial charge in [0.05, 0.1) is 12.7 Å². The van der Waals surface area contributed by atoms with Gasteiger partial charge in [-0.25, -0.2) is 0 Å². The molecule has 0 spiro atoms. The van der Waals surface area contributed by atoms with E-state index in [2.05, 4.69) is 15.3 Å². The molecule has 4 aliphatic carbocycles. The molecule has 1 N–H and O–H groups in total. The first kappa shape index (κ1) is 19.8. The molecule has 8 heteroatoms. The Morgan fingerprint density at radius 2 is 1.71 bits per heavy atom. The van der Waals surface area contributed by atoms with E-state index in [1.54, 1.807) is 13.2 Å². The first-order valence-electron chi connectivity index (χ1n) is 10.1. The number of rotatable bonds is 9. The number of hydrogen-bond acceptors (Lipinski definition) is 7. The van der Waals surface area contributed by atoms with Crippen LogP contribution in [-0.2, 0) is 9.53 Å². The summed E-state index contributed by atoms with van der Waals surface area (Å²) >= 11 is 1.40. The van der Waals surface area contributed by atoms with Gasteiger partial charge in [0.25, 0.3) is 5.91 Å². The predicted molar refractivity (Wildman–Crippen MR) is 106 cm³/mol. The molecule has 28 heavy (non-hydrogen) atoms. The van der Waals surface area contributed by atoms with Crippen molar-refractivity contribution in [1.29, 1.82) is 0 Å². The summed E-state index contributed by atoms with van der Waals surface area (Å²) in [6, 6.07) is 1.62. The highest BCUT2D eigenvalue weighted by molar-refractivity contribution is 7.98. The van der Waals surface area contributed by atoms with Crippen LogP contribution in [0, 0.1) is 17.8 Å². The summed E-state index contributed by atoms with van der Waals surface area (Å²) in [5.41, 5.74) is -0.000278. The Morgan fingerprint density at radius 1 is 1.11 bits per heavy atom. The third-order valence-electron chi connectivity index (χ3n) is 6.17. The molecule has 1 amide bonds. The minimum Gasteiger partial charge on any atom is -0.475 e. The van der Waals surface area contributed by atoms with Crippen molar-refractivity contribution in [2.45, 2.75) is 49.2 Å². The van der Waals surface area contributed by atoms with Crippen molar-refractivity contribution >= 4 is 17.7 Å². The average molecular weight is 408 g/mol. The van der Waals surface area contributed by atoms with Gasteiger partial charge in [-0.15, -0.1) is 0 Å². The SMILES string of the molecule is COCCOc1cc(OCC(=O)NC23CC4CC(CC(C4)C2)C3)nc(SC)n1. The highest BCUT2D eigenvalue weighted by Crippen LogP contribution is 2.55. The van der Waals surface area contributed by atoms with Gasteiger partial charge in [-0.3, -0.25) is 4.79 Å². The highest BCUT2D eigenvalue weighted by atomic mass is 32.2. The number of nitrogens with zero attached hydrogens (tertiary/aromatic N) is 2. The largest absolute Gasteiger partial charge is 0.475 e. The summed E-state index contributed by atoms with van der Waals surface area (Å²) in [6.45, 7) is 0.833. The van der Waals surface area contributed by atoms with Crippen LogP contribution in [0.25, 0.3) is 0 Å². The average Bonchev–Trinajstić information content (AvgIpc) is 2.65. The van der Waals surface area contributed by atoms with Gasteiger partial charge in [-0.05, 0) is 62.5 Å². The van der Waals surface area contributed by atoms with Gasteiger partial charge in [0.2, 0.25) is 11.8 Å². The van der Waals surface area contributed by atoms with Crippen molar-refractivity contribution in [3.63, 3.8) is 0 Å². The Bertz CT molecular complexity index is 679. The van der Waals surface area contributed by atoms with E-state index in [9.17, 15) is 4.79 Å². The van der Waals surface area contributed by atoms with Crippen molar-refractivity contribution in [3.05, 3.63) is 6.07 Å². The first-order chi connectivity index (χ1) is 13.6. The molecule has 4 bridgehead atoms. The summed E-state index contributed by atoms with van der Waals surface area (Å²) < 4.78 is 16.2. The van der Waals surface area contributed by atoms with Gasteiger partial charge in [0.15, 0.2) is 11.8 Å². The second kappa shape index (κ2) is 8.45. The summed E-state index contributed by atoms with van der Waals surface area (Å²) in [5.74, 6) is 3.11. The number of carbonyl (C=O) groups excluding carboxylic acids is 1. The number of aromatic nitrogens is 2.